The Morgan fingerprint density at radius 1 is 0.960 bits per heavy atom. The Bertz CT molecular complexity index is 641. The van der Waals surface area contributed by atoms with Crippen molar-refractivity contribution in [3.63, 3.8) is 0 Å². The number of carbonyl (C=O) groups excluding carboxylic acids is 3. The predicted octanol–water partition coefficient (Wildman–Crippen LogP) is 1.56. The molecule has 7 heteroatoms. The lowest BCUT2D eigenvalue weighted by Crippen LogP contribution is -2.40. The van der Waals surface area contributed by atoms with E-state index in [-0.39, 0.29) is 26.1 Å². The van der Waals surface area contributed by atoms with E-state index in [1.807, 2.05) is 32.9 Å². The van der Waals surface area contributed by atoms with Crippen molar-refractivity contribution >= 4 is 17.8 Å². The summed E-state index contributed by atoms with van der Waals surface area (Å²) in [5.41, 5.74) is 2.94. The number of methoxy groups -OCH3 is 2. The van der Waals surface area contributed by atoms with Crippen molar-refractivity contribution < 1.29 is 28.6 Å². The molecule has 7 nitrogen and oxygen atoms in total. The van der Waals surface area contributed by atoms with Gasteiger partial charge in [-0.1, -0.05) is 12.1 Å². The summed E-state index contributed by atoms with van der Waals surface area (Å²) in [5, 5.41) is 0. The third kappa shape index (κ3) is 6.10. The number of rotatable bonds is 8. The van der Waals surface area contributed by atoms with Gasteiger partial charge in [0, 0.05) is 6.54 Å². The van der Waals surface area contributed by atoms with E-state index >= 15 is 0 Å². The lowest BCUT2D eigenvalue weighted by Gasteiger charge is -2.22. The van der Waals surface area contributed by atoms with Crippen LogP contribution in [0, 0.1) is 20.8 Å². The molecule has 0 unspecified atom stereocenters. The van der Waals surface area contributed by atoms with Gasteiger partial charge in [0.1, 0.15) is 12.3 Å². The standard InChI is InChI=1S/C18H25NO6/c1-12-6-7-13(2)18(14(12)3)25-11-15(20)19(10-17(22)24-5)9-8-16(21)23-4/h6-7H,8-11H2,1-5H3. The molecule has 0 aliphatic heterocycles. The number of carbonyl (C=O) groups is 3. The van der Waals surface area contributed by atoms with Crippen molar-refractivity contribution in [2.24, 2.45) is 0 Å². The van der Waals surface area contributed by atoms with Crippen molar-refractivity contribution in [3.05, 3.63) is 28.8 Å². The van der Waals surface area contributed by atoms with Crippen LogP contribution in [0.3, 0.4) is 0 Å². The fourth-order valence-corrected chi connectivity index (χ4v) is 2.21. The van der Waals surface area contributed by atoms with Gasteiger partial charge in [-0.15, -0.1) is 0 Å². The molecule has 1 rings (SSSR count). The monoisotopic (exact) mass is 351 g/mol. The zero-order valence-corrected chi connectivity index (χ0v) is 15.4. The molecule has 0 fully saturated rings. The molecule has 0 heterocycles. The highest BCUT2D eigenvalue weighted by atomic mass is 16.5. The zero-order valence-electron chi connectivity index (χ0n) is 15.4. The third-order valence-electron chi connectivity index (χ3n) is 3.93. The van der Waals surface area contributed by atoms with E-state index < -0.39 is 17.8 Å². The first kappa shape index (κ1) is 20.5. The normalized spacial score (nSPS) is 10.1. The van der Waals surface area contributed by atoms with Crippen LogP contribution in [0.15, 0.2) is 12.1 Å². The average molecular weight is 351 g/mol. The maximum atomic E-state index is 12.4. The smallest absolute Gasteiger partial charge is 0.325 e. The van der Waals surface area contributed by atoms with Gasteiger partial charge in [-0.3, -0.25) is 14.4 Å². The number of hydrogen-bond acceptors (Lipinski definition) is 6. The van der Waals surface area contributed by atoms with Crippen LogP contribution in [-0.2, 0) is 23.9 Å². The molecule has 0 N–H and O–H groups in total. The van der Waals surface area contributed by atoms with Gasteiger partial charge in [-0.05, 0) is 37.5 Å². The summed E-state index contributed by atoms with van der Waals surface area (Å²) in [6.45, 7) is 5.35. The van der Waals surface area contributed by atoms with Gasteiger partial charge in [0.05, 0.1) is 20.6 Å². The molecule has 1 aromatic carbocycles. The van der Waals surface area contributed by atoms with E-state index in [1.165, 1.54) is 19.1 Å². The molecular formula is C18H25NO6. The van der Waals surface area contributed by atoms with Gasteiger partial charge in [0.2, 0.25) is 0 Å². The van der Waals surface area contributed by atoms with Crippen LogP contribution in [-0.4, -0.2) is 56.7 Å². The highest BCUT2D eigenvalue weighted by Crippen LogP contribution is 2.25. The second-order valence-electron chi connectivity index (χ2n) is 5.66. The number of hydrogen-bond donors (Lipinski definition) is 0. The van der Waals surface area contributed by atoms with E-state index in [2.05, 4.69) is 9.47 Å². The summed E-state index contributed by atoms with van der Waals surface area (Å²) in [7, 11) is 2.50. The summed E-state index contributed by atoms with van der Waals surface area (Å²) in [6.07, 6.45) is -0.0122. The number of aryl methyl sites for hydroxylation is 2. The Balaban J connectivity index is 2.78. The third-order valence-corrected chi connectivity index (χ3v) is 3.93. The first-order valence-electron chi connectivity index (χ1n) is 7.91. The molecule has 0 aliphatic rings. The Kier molecular flexibility index (Phi) is 7.91. The summed E-state index contributed by atoms with van der Waals surface area (Å²) in [4.78, 5) is 36.4. The van der Waals surface area contributed by atoms with Gasteiger partial charge in [0.15, 0.2) is 6.61 Å². The minimum atomic E-state index is -0.568. The van der Waals surface area contributed by atoms with Gasteiger partial charge in [-0.2, -0.15) is 0 Å². The van der Waals surface area contributed by atoms with E-state index in [0.717, 1.165) is 16.7 Å². The Labute approximate surface area is 147 Å². The number of esters is 2. The SMILES string of the molecule is COC(=O)CCN(CC(=O)OC)C(=O)COc1c(C)ccc(C)c1C. The van der Waals surface area contributed by atoms with Crippen LogP contribution in [0.5, 0.6) is 5.75 Å². The van der Waals surface area contributed by atoms with Gasteiger partial charge in [0.25, 0.3) is 5.91 Å². The quantitative estimate of drug-likeness (QED) is 0.661. The van der Waals surface area contributed by atoms with Crippen LogP contribution in [0.4, 0.5) is 0 Å². The molecule has 0 aromatic heterocycles. The molecule has 0 radical (unpaired) electrons. The zero-order chi connectivity index (χ0) is 19.0. The van der Waals surface area contributed by atoms with E-state index in [1.54, 1.807) is 0 Å². The van der Waals surface area contributed by atoms with Crippen LogP contribution in [0.2, 0.25) is 0 Å². The van der Waals surface area contributed by atoms with Gasteiger partial charge < -0.3 is 19.1 Å². The second kappa shape index (κ2) is 9.66. The topological polar surface area (TPSA) is 82.1 Å². The number of amides is 1. The van der Waals surface area contributed by atoms with Crippen molar-refractivity contribution in [2.45, 2.75) is 27.2 Å². The van der Waals surface area contributed by atoms with Gasteiger partial charge in [-0.25, -0.2) is 0 Å². The van der Waals surface area contributed by atoms with Crippen LogP contribution in [0.1, 0.15) is 23.1 Å². The van der Waals surface area contributed by atoms with Crippen molar-refractivity contribution in [1.29, 1.82) is 0 Å². The highest BCUT2D eigenvalue weighted by molar-refractivity contribution is 5.83. The first-order chi connectivity index (χ1) is 11.8. The number of nitrogens with zero attached hydrogens (tertiary/aromatic N) is 1. The lowest BCUT2D eigenvalue weighted by atomic mass is 10.1. The van der Waals surface area contributed by atoms with E-state index in [4.69, 9.17) is 4.74 Å². The Morgan fingerprint density at radius 2 is 1.56 bits per heavy atom. The summed E-state index contributed by atoms with van der Waals surface area (Å²) in [5.74, 6) is -0.788. The van der Waals surface area contributed by atoms with Crippen molar-refractivity contribution in [1.82, 2.24) is 4.90 Å². The van der Waals surface area contributed by atoms with Gasteiger partial charge >= 0.3 is 11.9 Å². The molecule has 0 spiro atoms. The summed E-state index contributed by atoms with van der Waals surface area (Å²) in [6, 6.07) is 3.91. The fourth-order valence-electron chi connectivity index (χ4n) is 2.21. The average Bonchev–Trinajstić information content (AvgIpc) is 2.60. The fraction of sp³-hybridized carbons (Fsp3) is 0.500. The minimum absolute atomic E-state index is 0.0122. The van der Waals surface area contributed by atoms with Crippen molar-refractivity contribution in [3.8, 4) is 5.75 Å². The van der Waals surface area contributed by atoms with Crippen LogP contribution in [0.25, 0.3) is 0 Å². The first-order valence-corrected chi connectivity index (χ1v) is 7.91. The number of ether oxygens (including phenoxy) is 3. The van der Waals surface area contributed by atoms with E-state index in [9.17, 15) is 14.4 Å². The summed E-state index contributed by atoms with van der Waals surface area (Å²) >= 11 is 0. The molecule has 138 valence electrons. The van der Waals surface area contributed by atoms with E-state index in [0.29, 0.717) is 5.75 Å². The van der Waals surface area contributed by atoms with Crippen LogP contribution < -0.4 is 4.74 Å². The highest BCUT2D eigenvalue weighted by Gasteiger charge is 2.20. The van der Waals surface area contributed by atoms with Crippen LogP contribution >= 0.6 is 0 Å². The molecule has 0 atom stereocenters. The summed E-state index contributed by atoms with van der Waals surface area (Å²) < 4.78 is 14.8. The molecule has 0 saturated carbocycles. The predicted molar refractivity (Wildman–Crippen MR) is 91.4 cm³/mol. The molecule has 1 aromatic rings. The molecule has 25 heavy (non-hydrogen) atoms. The lowest BCUT2D eigenvalue weighted by molar-refractivity contribution is -0.149. The molecule has 0 saturated heterocycles. The largest absolute Gasteiger partial charge is 0.483 e. The Morgan fingerprint density at radius 3 is 2.16 bits per heavy atom. The second-order valence-corrected chi connectivity index (χ2v) is 5.66. The minimum Gasteiger partial charge on any atom is -0.483 e. The molecule has 0 bridgehead atoms. The molecule has 1 amide bonds. The number of benzene rings is 1. The van der Waals surface area contributed by atoms with Crippen molar-refractivity contribution in [2.75, 3.05) is 33.9 Å². The molecule has 0 aliphatic carbocycles. The molecular weight excluding hydrogens is 326 g/mol. The maximum absolute atomic E-state index is 12.4. The Hall–Kier alpha value is -2.57. The maximum Gasteiger partial charge on any atom is 0.325 e.